The fourth-order valence-electron chi connectivity index (χ4n) is 2.40. The van der Waals surface area contributed by atoms with Gasteiger partial charge in [0, 0.05) is 24.4 Å². The maximum atomic E-state index is 12.5. The second-order valence-electron chi connectivity index (χ2n) is 5.61. The van der Waals surface area contributed by atoms with Crippen molar-refractivity contribution in [2.45, 2.75) is 6.92 Å². The number of para-hydroxylation sites is 1. The van der Waals surface area contributed by atoms with Crippen LogP contribution in [0.4, 0.5) is 11.4 Å². The number of thioether (sulfide) groups is 1. The lowest BCUT2D eigenvalue weighted by molar-refractivity contribution is -0.384. The molecule has 3 rings (SSSR count). The van der Waals surface area contributed by atoms with Crippen molar-refractivity contribution in [3.63, 3.8) is 0 Å². The van der Waals surface area contributed by atoms with E-state index in [2.05, 4.69) is 4.99 Å². The molecule has 7 nitrogen and oxygen atoms in total. The average Bonchev–Trinajstić information content (AvgIpc) is 3.10. The van der Waals surface area contributed by atoms with E-state index in [0.717, 1.165) is 17.0 Å². The molecule has 2 aromatic carbocycles. The fourth-order valence-corrected chi connectivity index (χ4v) is 3.37. The summed E-state index contributed by atoms with van der Waals surface area (Å²) >= 11 is 1.53. The van der Waals surface area contributed by atoms with Crippen LogP contribution in [0, 0.1) is 17.0 Å². The molecule has 0 radical (unpaired) electrons. The lowest BCUT2D eigenvalue weighted by Gasteiger charge is -2.16. The average molecular weight is 371 g/mol. The Hall–Kier alpha value is -2.87. The Morgan fingerprint density at radius 2 is 2.00 bits per heavy atom. The van der Waals surface area contributed by atoms with Gasteiger partial charge in [0.15, 0.2) is 11.8 Å². The number of aliphatic imine (C=N–C) groups is 1. The highest BCUT2D eigenvalue weighted by atomic mass is 32.2. The molecule has 1 saturated heterocycles. The Kier molecular flexibility index (Phi) is 5.52. The van der Waals surface area contributed by atoms with Crippen LogP contribution in [0.25, 0.3) is 0 Å². The molecule has 0 saturated carbocycles. The molecule has 1 aliphatic heterocycles. The normalized spacial score (nSPS) is 15.3. The maximum Gasteiger partial charge on any atom is 0.269 e. The van der Waals surface area contributed by atoms with E-state index in [9.17, 15) is 14.9 Å². The predicted octanol–water partition coefficient (Wildman–Crippen LogP) is 3.55. The molecule has 0 aliphatic carbocycles. The van der Waals surface area contributed by atoms with Crippen LogP contribution < -0.4 is 4.74 Å². The number of hydrogen-bond acceptors (Lipinski definition) is 6. The number of amidine groups is 1. The molecule has 0 atom stereocenters. The van der Waals surface area contributed by atoms with Crippen LogP contribution >= 0.6 is 11.8 Å². The zero-order valence-corrected chi connectivity index (χ0v) is 14.9. The molecule has 1 fully saturated rings. The molecule has 0 N–H and O–H groups in total. The number of benzene rings is 2. The first-order valence-corrected chi connectivity index (χ1v) is 8.98. The Balaban J connectivity index is 1.65. The maximum absolute atomic E-state index is 12.5. The molecule has 1 amide bonds. The molecule has 26 heavy (non-hydrogen) atoms. The van der Waals surface area contributed by atoms with Crippen molar-refractivity contribution in [1.82, 2.24) is 4.90 Å². The Morgan fingerprint density at radius 3 is 2.69 bits per heavy atom. The lowest BCUT2D eigenvalue weighted by atomic mass is 10.2. The predicted molar refractivity (Wildman–Crippen MR) is 101 cm³/mol. The number of nitro benzene ring substituents is 1. The van der Waals surface area contributed by atoms with Crippen LogP contribution in [0.15, 0.2) is 53.5 Å². The molecule has 2 aromatic rings. The number of nitro groups is 1. The van der Waals surface area contributed by atoms with Crippen LogP contribution in [0.2, 0.25) is 0 Å². The first-order valence-electron chi connectivity index (χ1n) is 7.99. The summed E-state index contributed by atoms with van der Waals surface area (Å²) in [4.78, 5) is 28.9. The van der Waals surface area contributed by atoms with E-state index in [-0.39, 0.29) is 18.2 Å². The van der Waals surface area contributed by atoms with Crippen molar-refractivity contribution in [2.75, 3.05) is 18.9 Å². The highest BCUT2D eigenvalue weighted by Crippen LogP contribution is 2.25. The molecular formula is C18H17N3O4S. The second kappa shape index (κ2) is 8.01. The van der Waals surface area contributed by atoms with Crippen molar-refractivity contribution in [2.24, 2.45) is 4.99 Å². The summed E-state index contributed by atoms with van der Waals surface area (Å²) in [6, 6.07) is 13.4. The van der Waals surface area contributed by atoms with Crippen LogP contribution in [0.5, 0.6) is 5.75 Å². The third kappa shape index (κ3) is 4.20. The highest BCUT2D eigenvalue weighted by Gasteiger charge is 2.26. The number of carbonyl (C=O) groups excluding carboxylic acids is 1. The van der Waals surface area contributed by atoms with Gasteiger partial charge >= 0.3 is 0 Å². The Labute approximate surface area is 154 Å². The van der Waals surface area contributed by atoms with Gasteiger partial charge in [-0.15, -0.1) is 0 Å². The van der Waals surface area contributed by atoms with Gasteiger partial charge < -0.3 is 4.74 Å². The summed E-state index contributed by atoms with van der Waals surface area (Å²) in [6.07, 6.45) is 0. The summed E-state index contributed by atoms with van der Waals surface area (Å²) < 4.78 is 5.46. The summed E-state index contributed by atoms with van der Waals surface area (Å²) in [5.41, 5.74) is 1.86. The number of carbonyl (C=O) groups is 1. The zero-order chi connectivity index (χ0) is 18.5. The number of non-ortho nitro benzene ring substituents is 1. The number of hydrogen-bond donors (Lipinski definition) is 0. The molecule has 0 bridgehead atoms. The minimum atomic E-state index is -0.481. The van der Waals surface area contributed by atoms with Gasteiger partial charge in [0.2, 0.25) is 0 Å². The Morgan fingerprint density at radius 1 is 1.27 bits per heavy atom. The van der Waals surface area contributed by atoms with Gasteiger partial charge in [-0.1, -0.05) is 30.0 Å². The van der Waals surface area contributed by atoms with E-state index in [1.807, 2.05) is 31.2 Å². The second-order valence-corrected chi connectivity index (χ2v) is 6.68. The van der Waals surface area contributed by atoms with E-state index < -0.39 is 4.92 Å². The van der Waals surface area contributed by atoms with Gasteiger partial charge in [0.1, 0.15) is 5.75 Å². The van der Waals surface area contributed by atoms with E-state index >= 15 is 0 Å². The molecule has 0 spiro atoms. The van der Waals surface area contributed by atoms with Gasteiger partial charge in [-0.05, 0) is 30.7 Å². The Bertz CT molecular complexity index is 852. The molecule has 8 heteroatoms. The van der Waals surface area contributed by atoms with Gasteiger partial charge in [-0.2, -0.15) is 0 Å². The van der Waals surface area contributed by atoms with Crippen molar-refractivity contribution in [3.8, 4) is 5.75 Å². The van der Waals surface area contributed by atoms with Crippen molar-refractivity contribution < 1.29 is 14.5 Å². The minimum absolute atomic E-state index is 0.0210. The molecule has 0 aromatic heterocycles. The molecule has 1 heterocycles. The van der Waals surface area contributed by atoms with Crippen LogP contribution in [0.3, 0.4) is 0 Å². The molecule has 0 unspecified atom stereocenters. The number of amides is 1. The van der Waals surface area contributed by atoms with E-state index in [1.54, 1.807) is 4.90 Å². The van der Waals surface area contributed by atoms with Gasteiger partial charge in [0.25, 0.3) is 11.6 Å². The summed E-state index contributed by atoms with van der Waals surface area (Å²) in [5, 5.41) is 11.3. The largest absolute Gasteiger partial charge is 0.484 e. The third-order valence-electron chi connectivity index (χ3n) is 3.82. The summed E-state index contributed by atoms with van der Waals surface area (Å²) in [7, 11) is 0. The summed E-state index contributed by atoms with van der Waals surface area (Å²) in [6.45, 7) is 2.41. The van der Waals surface area contributed by atoms with E-state index in [0.29, 0.717) is 17.5 Å². The van der Waals surface area contributed by atoms with Crippen molar-refractivity contribution in [3.05, 3.63) is 64.2 Å². The van der Waals surface area contributed by atoms with Crippen LogP contribution in [0.1, 0.15) is 5.56 Å². The smallest absolute Gasteiger partial charge is 0.269 e. The van der Waals surface area contributed by atoms with E-state index in [1.165, 1.54) is 36.0 Å². The van der Waals surface area contributed by atoms with Crippen LogP contribution in [-0.2, 0) is 4.79 Å². The monoisotopic (exact) mass is 371 g/mol. The van der Waals surface area contributed by atoms with Gasteiger partial charge in [-0.25, -0.2) is 4.99 Å². The van der Waals surface area contributed by atoms with Crippen molar-refractivity contribution >= 4 is 34.2 Å². The minimum Gasteiger partial charge on any atom is -0.484 e. The third-order valence-corrected chi connectivity index (χ3v) is 4.78. The lowest BCUT2D eigenvalue weighted by Crippen LogP contribution is -2.35. The SMILES string of the molecule is Cc1ccccc1N=C1SCCN1C(=O)COc1ccc([N+](=O)[O-])cc1. The number of aryl methyl sites for hydroxylation is 1. The number of nitrogens with zero attached hydrogens (tertiary/aromatic N) is 3. The fraction of sp³-hybridized carbons (Fsp3) is 0.222. The number of ether oxygens (including phenoxy) is 1. The quantitative estimate of drug-likeness (QED) is 0.593. The molecule has 134 valence electrons. The van der Waals surface area contributed by atoms with Crippen molar-refractivity contribution in [1.29, 1.82) is 0 Å². The van der Waals surface area contributed by atoms with Gasteiger partial charge in [0.05, 0.1) is 10.6 Å². The first-order chi connectivity index (χ1) is 12.5. The summed E-state index contributed by atoms with van der Waals surface area (Å²) in [5.74, 6) is 1.00. The standard InChI is InChI=1S/C18H17N3O4S/c1-13-4-2-3-5-16(13)19-18-20(10-11-26-18)17(22)12-25-15-8-6-14(7-9-15)21(23)24/h2-9H,10-12H2,1H3. The molecular weight excluding hydrogens is 354 g/mol. The van der Waals surface area contributed by atoms with Gasteiger partial charge in [-0.3, -0.25) is 19.8 Å². The van der Waals surface area contributed by atoms with Crippen LogP contribution in [-0.4, -0.2) is 39.8 Å². The topological polar surface area (TPSA) is 85.0 Å². The first kappa shape index (κ1) is 17.9. The number of rotatable bonds is 5. The zero-order valence-electron chi connectivity index (χ0n) is 14.1. The van der Waals surface area contributed by atoms with E-state index in [4.69, 9.17) is 4.74 Å². The molecule has 1 aliphatic rings. The highest BCUT2D eigenvalue weighted by molar-refractivity contribution is 8.14.